The van der Waals surface area contributed by atoms with E-state index < -0.39 is 5.91 Å². The number of hydrogen-bond donors (Lipinski definition) is 1. The molecule has 31 heavy (non-hydrogen) atoms. The number of amides is 1. The van der Waals surface area contributed by atoms with E-state index in [1.54, 1.807) is 36.4 Å². The molecule has 0 fully saturated rings. The summed E-state index contributed by atoms with van der Waals surface area (Å²) in [4.78, 5) is 12.2. The van der Waals surface area contributed by atoms with Gasteiger partial charge < -0.3 is 19.2 Å². The summed E-state index contributed by atoms with van der Waals surface area (Å²) in [6, 6.07) is 18.6. The highest BCUT2D eigenvalue weighted by Crippen LogP contribution is 2.22. The zero-order valence-electron chi connectivity index (χ0n) is 17.6. The molecule has 1 heterocycles. The SMILES string of the molecule is Cc1cccc(C)c1OCCOc1ccc(/C=C(\C#N)C(=O)NCc2ccco2)cc1. The molecule has 0 saturated heterocycles. The summed E-state index contributed by atoms with van der Waals surface area (Å²) in [5, 5.41) is 12.0. The molecule has 3 aromatic rings. The molecule has 1 amide bonds. The molecule has 0 atom stereocenters. The van der Waals surface area contributed by atoms with E-state index in [0.717, 1.165) is 22.4 Å². The number of hydrogen-bond acceptors (Lipinski definition) is 5. The van der Waals surface area contributed by atoms with E-state index in [1.165, 1.54) is 12.3 Å². The topological polar surface area (TPSA) is 84.5 Å². The van der Waals surface area contributed by atoms with Gasteiger partial charge in [-0.25, -0.2) is 0 Å². The van der Waals surface area contributed by atoms with Crippen molar-refractivity contribution in [2.45, 2.75) is 20.4 Å². The van der Waals surface area contributed by atoms with Crippen LogP contribution < -0.4 is 14.8 Å². The number of carbonyl (C=O) groups is 1. The Morgan fingerprint density at radius 1 is 1.03 bits per heavy atom. The second-order valence-electron chi connectivity index (χ2n) is 6.92. The molecule has 0 aliphatic heterocycles. The number of ether oxygens (including phenoxy) is 2. The number of carbonyl (C=O) groups excluding carboxylic acids is 1. The van der Waals surface area contributed by atoms with E-state index in [-0.39, 0.29) is 12.1 Å². The standard InChI is InChI=1S/C25H24N2O4/c1-18-5-3-6-19(2)24(18)31-14-13-30-22-10-8-20(9-11-22)15-21(16-26)25(28)27-17-23-7-4-12-29-23/h3-12,15H,13-14,17H2,1-2H3,(H,27,28)/b21-15+. The van der Waals surface area contributed by atoms with Crippen LogP contribution in [0.4, 0.5) is 0 Å². The number of aryl methyl sites for hydroxylation is 2. The lowest BCUT2D eigenvalue weighted by Gasteiger charge is -2.12. The predicted octanol–water partition coefficient (Wildman–Crippen LogP) is 4.58. The van der Waals surface area contributed by atoms with E-state index in [0.29, 0.717) is 24.7 Å². The number of nitriles is 1. The van der Waals surface area contributed by atoms with Gasteiger partial charge in [0, 0.05) is 0 Å². The third-order valence-electron chi connectivity index (χ3n) is 4.57. The first-order valence-electron chi connectivity index (χ1n) is 9.91. The molecule has 1 aromatic heterocycles. The summed E-state index contributed by atoms with van der Waals surface area (Å²) in [6.07, 6.45) is 3.06. The molecule has 0 unspecified atom stereocenters. The maximum Gasteiger partial charge on any atom is 0.262 e. The number of rotatable bonds is 9. The minimum absolute atomic E-state index is 0.0159. The molecular formula is C25H24N2O4. The lowest BCUT2D eigenvalue weighted by Crippen LogP contribution is -2.23. The van der Waals surface area contributed by atoms with Crippen LogP contribution in [0.2, 0.25) is 0 Å². The third-order valence-corrected chi connectivity index (χ3v) is 4.57. The van der Waals surface area contributed by atoms with Crippen molar-refractivity contribution in [2.24, 2.45) is 0 Å². The highest BCUT2D eigenvalue weighted by atomic mass is 16.5. The van der Waals surface area contributed by atoms with Crippen LogP contribution in [0.3, 0.4) is 0 Å². The fraction of sp³-hybridized carbons (Fsp3) is 0.200. The Balaban J connectivity index is 1.50. The van der Waals surface area contributed by atoms with Gasteiger partial charge in [0.2, 0.25) is 0 Å². The van der Waals surface area contributed by atoms with Crippen molar-refractivity contribution < 1.29 is 18.7 Å². The molecule has 0 radical (unpaired) electrons. The Morgan fingerprint density at radius 3 is 2.39 bits per heavy atom. The summed E-state index contributed by atoms with van der Waals surface area (Å²) < 4.78 is 16.7. The van der Waals surface area contributed by atoms with Gasteiger partial charge in [0.15, 0.2) is 0 Å². The Kier molecular flexibility index (Phi) is 7.50. The van der Waals surface area contributed by atoms with Crippen LogP contribution in [0.1, 0.15) is 22.5 Å². The summed E-state index contributed by atoms with van der Waals surface area (Å²) >= 11 is 0. The molecule has 0 aliphatic carbocycles. The van der Waals surface area contributed by atoms with Crippen molar-refractivity contribution in [3.05, 3.63) is 88.9 Å². The fourth-order valence-corrected chi connectivity index (χ4v) is 2.98. The minimum Gasteiger partial charge on any atom is -0.490 e. The third kappa shape index (κ3) is 6.25. The van der Waals surface area contributed by atoms with Crippen molar-refractivity contribution in [2.75, 3.05) is 13.2 Å². The molecule has 2 aromatic carbocycles. The van der Waals surface area contributed by atoms with Crippen LogP contribution in [0.25, 0.3) is 6.08 Å². The van der Waals surface area contributed by atoms with Gasteiger partial charge in [-0.3, -0.25) is 4.79 Å². The number of nitrogens with one attached hydrogen (secondary N) is 1. The second-order valence-corrected chi connectivity index (χ2v) is 6.92. The van der Waals surface area contributed by atoms with Crippen molar-refractivity contribution in [3.63, 3.8) is 0 Å². The van der Waals surface area contributed by atoms with Crippen molar-refractivity contribution in [1.29, 1.82) is 5.26 Å². The van der Waals surface area contributed by atoms with Gasteiger partial charge in [-0.2, -0.15) is 5.26 Å². The van der Waals surface area contributed by atoms with Gasteiger partial charge in [0.05, 0.1) is 12.8 Å². The molecule has 0 saturated carbocycles. The molecule has 1 N–H and O–H groups in total. The van der Waals surface area contributed by atoms with Gasteiger partial charge in [-0.05, 0) is 60.9 Å². The summed E-state index contributed by atoms with van der Waals surface area (Å²) in [5.41, 5.74) is 2.93. The van der Waals surface area contributed by atoms with E-state index in [2.05, 4.69) is 5.32 Å². The molecule has 6 heteroatoms. The van der Waals surface area contributed by atoms with E-state index >= 15 is 0 Å². The lowest BCUT2D eigenvalue weighted by atomic mass is 10.1. The van der Waals surface area contributed by atoms with Crippen LogP contribution in [0, 0.1) is 25.2 Å². The quantitative estimate of drug-likeness (QED) is 0.314. The Hall–Kier alpha value is -3.98. The monoisotopic (exact) mass is 416 g/mol. The molecule has 3 rings (SSSR count). The Labute approximate surface area is 181 Å². The zero-order chi connectivity index (χ0) is 22.1. The van der Waals surface area contributed by atoms with Gasteiger partial charge in [-0.1, -0.05) is 30.3 Å². The number of furan rings is 1. The maximum atomic E-state index is 12.2. The smallest absolute Gasteiger partial charge is 0.262 e. The van der Waals surface area contributed by atoms with Crippen LogP contribution in [0.15, 0.2) is 70.9 Å². The van der Waals surface area contributed by atoms with E-state index in [1.807, 2.05) is 38.1 Å². The molecule has 0 aliphatic rings. The first-order chi connectivity index (χ1) is 15.1. The summed E-state index contributed by atoms with van der Waals surface area (Å²) in [7, 11) is 0. The first kappa shape index (κ1) is 21.7. The molecular weight excluding hydrogens is 392 g/mol. The minimum atomic E-state index is -0.456. The van der Waals surface area contributed by atoms with E-state index in [9.17, 15) is 10.1 Å². The van der Waals surface area contributed by atoms with Gasteiger partial charge in [0.1, 0.15) is 42.1 Å². The highest BCUT2D eigenvalue weighted by Gasteiger charge is 2.09. The Morgan fingerprint density at radius 2 is 1.74 bits per heavy atom. The van der Waals surface area contributed by atoms with Crippen LogP contribution in [-0.4, -0.2) is 19.1 Å². The number of para-hydroxylation sites is 1. The summed E-state index contributed by atoms with van der Waals surface area (Å²) in [5.74, 6) is 1.74. The van der Waals surface area contributed by atoms with Crippen molar-refractivity contribution in [3.8, 4) is 17.6 Å². The van der Waals surface area contributed by atoms with Crippen LogP contribution >= 0.6 is 0 Å². The highest BCUT2D eigenvalue weighted by molar-refractivity contribution is 6.01. The largest absolute Gasteiger partial charge is 0.490 e. The molecule has 158 valence electrons. The maximum absolute atomic E-state index is 12.2. The number of nitrogens with zero attached hydrogens (tertiary/aromatic N) is 1. The van der Waals surface area contributed by atoms with Crippen LogP contribution in [0.5, 0.6) is 11.5 Å². The number of benzene rings is 2. The lowest BCUT2D eigenvalue weighted by molar-refractivity contribution is -0.117. The molecule has 6 nitrogen and oxygen atoms in total. The predicted molar refractivity (Wildman–Crippen MR) is 117 cm³/mol. The Bertz CT molecular complexity index is 1060. The van der Waals surface area contributed by atoms with E-state index in [4.69, 9.17) is 13.9 Å². The van der Waals surface area contributed by atoms with Gasteiger partial charge >= 0.3 is 0 Å². The molecule has 0 bridgehead atoms. The fourth-order valence-electron chi connectivity index (χ4n) is 2.98. The van der Waals surface area contributed by atoms with Crippen molar-refractivity contribution >= 4 is 12.0 Å². The van der Waals surface area contributed by atoms with Gasteiger partial charge in [-0.15, -0.1) is 0 Å². The normalized spacial score (nSPS) is 10.9. The summed E-state index contributed by atoms with van der Waals surface area (Å²) in [6.45, 7) is 5.09. The zero-order valence-corrected chi connectivity index (χ0v) is 17.6. The average molecular weight is 416 g/mol. The van der Waals surface area contributed by atoms with Crippen molar-refractivity contribution in [1.82, 2.24) is 5.32 Å². The molecule has 0 spiro atoms. The second kappa shape index (κ2) is 10.7. The van der Waals surface area contributed by atoms with Gasteiger partial charge in [0.25, 0.3) is 5.91 Å². The average Bonchev–Trinajstić information content (AvgIpc) is 3.29. The van der Waals surface area contributed by atoms with Crippen LogP contribution in [-0.2, 0) is 11.3 Å². The first-order valence-corrected chi connectivity index (χ1v) is 9.91.